The van der Waals surface area contributed by atoms with Crippen molar-refractivity contribution in [3.63, 3.8) is 0 Å². The normalized spacial score (nSPS) is 20.0. The first-order chi connectivity index (χ1) is 7.79. The molecule has 3 nitrogen and oxygen atoms in total. The van der Waals surface area contributed by atoms with Gasteiger partial charge in [-0.05, 0) is 30.2 Å². The molecule has 3 N–H and O–H groups in total. The molecule has 1 aliphatic rings. The highest BCUT2D eigenvalue weighted by Gasteiger charge is 2.23. The van der Waals surface area contributed by atoms with Crippen LogP contribution in [0.2, 0.25) is 5.02 Å². The van der Waals surface area contributed by atoms with Crippen LogP contribution in [0.25, 0.3) is 10.9 Å². The zero-order chi connectivity index (χ0) is 11.1. The largest absolute Gasteiger partial charge is 0.370 e. The van der Waals surface area contributed by atoms with Crippen molar-refractivity contribution in [2.45, 2.75) is 12.5 Å². The SMILES string of the molecule is NCC1OCCc2c1[nH]c1ccc(Cl)cc21. The third-order valence-corrected chi connectivity index (χ3v) is 3.34. The Kier molecular flexibility index (Phi) is 2.39. The van der Waals surface area contributed by atoms with Gasteiger partial charge in [0.2, 0.25) is 0 Å². The van der Waals surface area contributed by atoms with E-state index in [2.05, 4.69) is 4.98 Å². The minimum absolute atomic E-state index is 0.00470. The van der Waals surface area contributed by atoms with Gasteiger partial charge >= 0.3 is 0 Å². The molecule has 1 aromatic carbocycles. The monoisotopic (exact) mass is 236 g/mol. The molecule has 16 heavy (non-hydrogen) atoms. The molecule has 84 valence electrons. The highest BCUT2D eigenvalue weighted by Crippen LogP contribution is 2.33. The summed E-state index contributed by atoms with van der Waals surface area (Å²) in [7, 11) is 0. The topological polar surface area (TPSA) is 51.0 Å². The molecule has 4 heteroatoms. The molecule has 0 amide bonds. The smallest absolute Gasteiger partial charge is 0.110 e. The van der Waals surface area contributed by atoms with Crippen molar-refractivity contribution < 1.29 is 4.74 Å². The molecule has 1 unspecified atom stereocenters. The van der Waals surface area contributed by atoms with E-state index in [-0.39, 0.29) is 6.10 Å². The minimum atomic E-state index is -0.00470. The van der Waals surface area contributed by atoms with Crippen LogP contribution in [0.5, 0.6) is 0 Å². The Bertz CT molecular complexity index is 535. The van der Waals surface area contributed by atoms with Crippen molar-refractivity contribution in [1.82, 2.24) is 4.98 Å². The van der Waals surface area contributed by atoms with Gasteiger partial charge in [0.15, 0.2) is 0 Å². The highest BCUT2D eigenvalue weighted by molar-refractivity contribution is 6.31. The third kappa shape index (κ3) is 1.44. The Balaban J connectivity index is 2.24. The van der Waals surface area contributed by atoms with E-state index in [0.29, 0.717) is 6.54 Å². The number of hydrogen-bond acceptors (Lipinski definition) is 2. The minimum Gasteiger partial charge on any atom is -0.370 e. The summed E-state index contributed by atoms with van der Waals surface area (Å²) in [5.74, 6) is 0. The number of rotatable bonds is 1. The number of ether oxygens (including phenoxy) is 1. The van der Waals surface area contributed by atoms with E-state index in [1.165, 1.54) is 10.9 Å². The quantitative estimate of drug-likeness (QED) is 0.799. The molecule has 1 aromatic heterocycles. The van der Waals surface area contributed by atoms with E-state index in [1.54, 1.807) is 0 Å². The Morgan fingerprint density at radius 3 is 3.19 bits per heavy atom. The number of H-pyrrole nitrogens is 1. The van der Waals surface area contributed by atoms with E-state index < -0.39 is 0 Å². The van der Waals surface area contributed by atoms with Gasteiger partial charge in [-0.25, -0.2) is 0 Å². The van der Waals surface area contributed by atoms with Crippen LogP contribution in [0.3, 0.4) is 0 Å². The fourth-order valence-electron chi connectivity index (χ4n) is 2.36. The van der Waals surface area contributed by atoms with E-state index in [0.717, 1.165) is 29.3 Å². The molecular formula is C12H13ClN2O. The number of nitrogens with two attached hydrogens (primary N) is 1. The summed E-state index contributed by atoms with van der Waals surface area (Å²) in [5, 5.41) is 1.97. The number of nitrogens with one attached hydrogen (secondary N) is 1. The molecule has 0 fully saturated rings. The van der Waals surface area contributed by atoms with Crippen LogP contribution >= 0.6 is 11.6 Å². The van der Waals surface area contributed by atoms with Crippen LogP contribution in [0.1, 0.15) is 17.4 Å². The van der Waals surface area contributed by atoms with Crippen molar-refractivity contribution >= 4 is 22.5 Å². The summed E-state index contributed by atoms with van der Waals surface area (Å²) >= 11 is 6.02. The molecule has 2 heterocycles. The number of aromatic nitrogens is 1. The standard InChI is InChI=1S/C12H13ClN2O/c13-7-1-2-10-9(5-7)8-3-4-16-11(6-14)12(8)15-10/h1-2,5,11,15H,3-4,6,14H2. The lowest BCUT2D eigenvalue weighted by molar-refractivity contribution is 0.0463. The number of benzene rings is 1. The maximum atomic E-state index is 6.02. The molecule has 1 atom stereocenters. The van der Waals surface area contributed by atoms with Gasteiger partial charge in [-0.2, -0.15) is 0 Å². The fraction of sp³-hybridized carbons (Fsp3) is 0.333. The lowest BCUT2D eigenvalue weighted by Gasteiger charge is -2.21. The average molecular weight is 237 g/mol. The number of aromatic amines is 1. The second kappa shape index (κ2) is 3.77. The second-order valence-electron chi connectivity index (χ2n) is 4.05. The molecule has 0 saturated carbocycles. The maximum Gasteiger partial charge on any atom is 0.110 e. The Labute approximate surface area is 98.5 Å². The molecule has 0 spiro atoms. The molecule has 0 aliphatic carbocycles. The number of fused-ring (bicyclic) bond motifs is 3. The predicted molar refractivity (Wildman–Crippen MR) is 64.8 cm³/mol. The molecule has 0 bridgehead atoms. The highest BCUT2D eigenvalue weighted by atomic mass is 35.5. The molecule has 1 aliphatic heterocycles. The van der Waals surface area contributed by atoms with Crippen LogP contribution < -0.4 is 5.73 Å². The van der Waals surface area contributed by atoms with Crippen molar-refractivity contribution in [1.29, 1.82) is 0 Å². The fourth-order valence-corrected chi connectivity index (χ4v) is 2.53. The van der Waals surface area contributed by atoms with Crippen molar-refractivity contribution in [3.05, 3.63) is 34.5 Å². The molecular weight excluding hydrogens is 224 g/mol. The van der Waals surface area contributed by atoms with Crippen LogP contribution in [0.15, 0.2) is 18.2 Å². The Morgan fingerprint density at radius 1 is 1.50 bits per heavy atom. The third-order valence-electron chi connectivity index (χ3n) is 3.11. The van der Waals surface area contributed by atoms with Gasteiger partial charge in [-0.1, -0.05) is 11.6 Å². The van der Waals surface area contributed by atoms with Crippen molar-refractivity contribution in [3.8, 4) is 0 Å². The van der Waals surface area contributed by atoms with E-state index in [4.69, 9.17) is 22.1 Å². The molecule has 2 aromatic rings. The lowest BCUT2D eigenvalue weighted by Crippen LogP contribution is -2.22. The van der Waals surface area contributed by atoms with Crippen molar-refractivity contribution in [2.24, 2.45) is 5.73 Å². The second-order valence-corrected chi connectivity index (χ2v) is 4.49. The van der Waals surface area contributed by atoms with Gasteiger partial charge < -0.3 is 15.5 Å². The number of hydrogen-bond donors (Lipinski definition) is 2. The van der Waals surface area contributed by atoms with Gasteiger partial charge in [-0.15, -0.1) is 0 Å². The van der Waals surface area contributed by atoms with Gasteiger partial charge in [-0.3, -0.25) is 0 Å². The summed E-state index contributed by atoms with van der Waals surface area (Å²) < 4.78 is 5.62. The van der Waals surface area contributed by atoms with Gasteiger partial charge in [0, 0.05) is 28.2 Å². The van der Waals surface area contributed by atoms with Crippen LogP contribution in [-0.2, 0) is 11.2 Å². The zero-order valence-corrected chi connectivity index (χ0v) is 9.55. The van der Waals surface area contributed by atoms with Crippen molar-refractivity contribution in [2.75, 3.05) is 13.2 Å². The van der Waals surface area contributed by atoms with E-state index >= 15 is 0 Å². The molecule has 0 radical (unpaired) electrons. The number of halogens is 1. The van der Waals surface area contributed by atoms with Crippen LogP contribution in [0, 0.1) is 0 Å². The van der Waals surface area contributed by atoms with Gasteiger partial charge in [0.25, 0.3) is 0 Å². The lowest BCUT2D eigenvalue weighted by atomic mass is 10.0. The summed E-state index contributed by atoms with van der Waals surface area (Å²) in [6, 6.07) is 5.90. The zero-order valence-electron chi connectivity index (χ0n) is 8.79. The average Bonchev–Trinajstić information content (AvgIpc) is 2.67. The summed E-state index contributed by atoms with van der Waals surface area (Å²) in [6.45, 7) is 1.24. The Hall–Kier alpha value is -1.03. The first-order valence-electron chi connectivity index (χ1n) is 5.41. The van der Waals surface area contributed by atoms with E-state index in [1.807, 2.05) is 18.2 Å². The summed E-state index contributed by atoms with van der Waals surface area (Å²) in [6.07, 6.45) is 0.918. The van der Waals surface area contributed by atoms with Gasteiger partial charge in [0.1, 0.15) is 6.10 Å². The van der Waals surface area contributed by atoms with Gasteiger partial charge in [0.05, 0.1) is 6.61 Å². The first-order valence-corrected chi connectivity index (χ1v) is 5.79. The molecule has 0 saturated heterocycles. The van der Waals surface area contributed by atoms with Crippen LogP contribution in [0.4, 0.5) is 0 Å². The van der Waals surface area contributed by atoms with E-state index in [9.17, 15) is 0 Å². The summed E-state index contributed by atoms with van der Waals surface area (Å²) in [4.78, 5) is 3.38. The molecule has 3 rings (SSSR count). The summed E-state index contributed by atoms with van der Waals surface area (Å²) in [5.41, 5.74) is 9.23. The van der Waals surface area contributed by atoms with Crippen LogP contribution in [-0.4, -0.2) is 18.1 Å². The Morgan fingerprint density at radius 2 is 2.38 bits per heavy atom. The first kappa shape index (κ1) is 10.1. The predicted octanol–water partition coefficient (Wildman–Crippen LogP) is 2.39. The maximum absolute atomic E-state index is 6.02.